The number of ether oxygens (including phenoxy) is 2. The number of fused-ring (bicyclic) bond motifs is 1. The molecule has 19 heavy (non-hydrogen) atoms. The third kappa shape index (κ3) is 2.28. The SMILES string of the molecule is Cc1ccoc1C(Cl)c1cc2c(cc1Cl)OCCO2. The van der Waals surface area contributed by atoms with E-state index in [2.05, 4.69) is 0 Å². The number of halogens is 2. The highest BCUT2D eigenvalue weighted by atomic mass is 35.5. The molecule has 0 spiro atoms. The largest absolute Gasteiger partial charge is 0.486 e. The molecule has 100 valence electrons. The molecule has 0 N–H and O–H groups in total. The third-order valence-electron chi connectivity index (χ3n) is 3.07. The fourth-order valence-electron chi connectivity index (χ4n) is 2.06. The van der Waals surface area contributed by atoms with Crippen LogP contribution >= 0.6 is 23.2 Å². The van der Waals surface area contributed by atoms with Crippen LogP contribution in [0.3, 0.4) is 0 Å². The monoisotopic (exact) mass is 298 g/mol. The van der Waals surface area contributed by atoms with Gasteiger partial charge in [-0.3, -0.25) is 0 Å². The summed E-state index contributed by atoms with van der Waals surface area (Å²) >= 11 is 12.7. The zero-order valence-electron chi connectivity index (χ0n) is 10.3. The Bertz CT molecular complexity index is 607. The number of aryl methyl sites for hydroxylation is 1. The van der Waals surface area contributed by atoms with Crippen molar-refractivity contribution in [1.29, 1.82) is 0 Å². The Morgan fingerprint density at radius 3 is 2.47 bits per heavy atom. The number of hydrogen-bond acceptors (Lipinski definition) is 3. The van der Waals surface area contributed by atoms with Crippen molar-refractivity contribution in [2.45, 2.75) is 12.3 Å². The predicted octanol–water partition coefficient (Wildman–Crippen LogP) is 4.34. The first kappa shape index (κ1) is 12.7. The summed E-state index contributed by atoms with van der Waals surface area (Å²) in [7, 11) is 0. The highest BCUT2D eigenvalue weighted by molar-refractivity contribution is 6.33. The van der Waals surface area contributed by atoms with Crippen LogP contribution in [0.1, 0.15) is 22.3 Å². The Hall–Kier alpha value is -1.32. The lowest BCUT2D eigenvalue weighted by molar-refractivity contribution is 0.171. The van der Waals surface area contributed by atoms with Crippen LogP contribution in [0.4, 0.5) is 0 Å². The van der Waals surface area contributed by atoms with Gasteiger partial charge in [-0.25, -0.2) is 0 Å². The fraction of sp³-hybridized carbons (Fsp3) is 0.286. The van der Waals surface area contributed by atoms with Crippen molar-refractivity contribution < 1.29 is 13.9 Å². The summed E-state index contributed by atoms with van der Waals surface area (Å²) in [6.45, 7) is 3.01. The molecule has 1 atom stereocenters. The van der Waals surface area contributed by atoms with Crippen molar-refractivity contribution in [3.63, 3.8) is 0 Å². The normalized spacial score (nSPS) is 15.3. The van der Waals surface area contributed by atoms with E-state index >= 15 is 0 Å². The number of benzene rings is 1. The molecule has 5 heteroatoms. The van der Waals surface area contributed by atoms with E-state index < -0.39 is 5.38 Å². The van der Waals surface area contributed by atoms with Gasteiger partial charge in [-0.1, -0.05) is 11.6 Å². The molecule has 3 rings (SSSR count). The molecule has 0 saturated heterocycles. The number of furan rings is 1. The summed E-state index contributed by atoms with van der Waals surface area (Å²) in [5.41, 5.74) is 1.75. The minimum Gasteiger partial charge on any atom is -0.486 e. The van der Waals surface area contributed by atoms with E-state index in [1.807, 2.05) is 19.1 Å². The first-order chi connectivity index (χ1) is 9.16. The van der Waals surface area contributed by atoms with Crippen LogP contribution < -0.4 is 9.47 Å². The molecule has 2 heterocycles. The molecule has 0 fully saturated rings. The average molecular weight is 299 g/mol. The molecule has 0 bridgehead atoms. The quantitative estimate of drug-likeness (QED) is 0.773. The Morgan fingerprint density at radius 2 is 1.84 bits per heavy atom. The average Bonchev–Trinajstić information content (AvgIpc) is 2.83. The topological polar surface area (TPSA) is 31.6 Å². The Morgan fingerprint density at radius 1 is 1.16 bits per heavy atom. The third-order valence-corrected chi connectivity index (χ3v) is 3.83. The fourth-order valence-corrected chi connectivity index (χ4v) is 2.78. The van der Waals surface area contributed by atoms with Gasteiger partial charge >= 0.3 is 0 Å². The molecule has 0 radical (unpaired) electrons. The molecular weight excluding hydrogens is 287 g/mol. The van der Waals surface area contributed by atoms with Crippen LogP contribution in [-0.2, 0) is 0 Å². The molecule has 3 nitrogen and oxygen atoms in total. The van der Waals surface area contributed by atoms with Gasteiger partial charge in [0.25, 0.3) is 0 Å². The molecule has 1 aliphatic rings. The second kappa shape index (κ2) is 4.99. The van der Waals surface area contributed by atoms with Crippen LogP contribution in [0.2, 0.25) is 5.02 Å². The summed E-state index contributed by atoms with van der Waals surface area (Å²) in [4.78, 5) is 0. The van der Waals surface area contributed by atoms with E-state index in [4.69, 9.17) is 37.1 Å². The van der Waals surface area contributed by atoms with Gasteiger partial charge in [-0.15, -0.1) is 11.6 Å². The van der Waals surface area contributed by atoms with Crippen molar-refractivity contribution in [3.05, 3.63) is 46.4 Å². The van der Waals surface area contributed by atoms with Crippen LogP contribution in [0.5, 0.6) is 11.5 Å². The second-order valence-electron chi connectivity index (χ2n) is 4.35. The van der Waals surface area contributed by atoms with E-state index in [1.165, 1.54) is 0 Å². The van der Waals surface area contributed by atoms with Gasteiger partial charge in [0.15, 0.2) is 11.5 Å². The van der Waals surface area contributed by atoms with Crippen LogP contribution in [0.15, 0.2) is 28.9 Å². The van der Waals surface area contributed by atoms with E-state index in [-0.39, 0.29) is 0 Å². The van der Waals surface area contributed by atoms with E-state index in [1.54, 1.807) is 12.3 Å². The van der Waals surface area contributed by atoms with Gasteiger partial charge in [0.1, 0.15) is 24.4 Å². The standard InChI is InChI=1S/C14H12Cl2O3/c1-8-2-3-19-14(8)13(16)9-6-11-12(7-10(9)15)18-5-4-17-11/h2-3,6-7,13H,4-5H2,1H3. The van der Waals surface area contributed by atoms with Crippen LogP contribution in [-0.4, -0.2) is 13.2 Å². The summed E-state index contributed by atoms with van der Waals surface area (Å²) in [6, 6.07) is 5.42. The lowest BCUT2D eigenvalue weighted by Gasteiger charge is -2.21. The van der Waals surface area contributed by atoms with Crippen molar-refractivity contribution in [2.75, 3.05) is 13.2 Å². The van der Waals surface area contributed by atoms with Gasteiger partial charge in [-0.2, -0.15) is 0 Å². The van der Waals surface area contributed by atoms with Gasteiger partial charge < -0.3 is 13.9 Å². The van der Waals surface area contributed by atoms with Crippen molar-refractivity contribution in [2.24, 2.45) is 0 Å². The minimum atomic E-state index is -0.446. The molecule has 1 aromatic carbocycles. The van der Waals surface area contributed by atoms with Crippen LogP contribution in [0, 0.1) is 6.92 Å². The molecule has 0 saturated carbocycles. The lowest BCUT2D eigenvalue weighted by Crippen LogP contribution is -2.15. The maximum absolute atomic E-state index is 6.45. The lowest BCUT2D eigenvalue weighted by atomic mass is 10.1. The van der Waals surface area contributed by atoms with Crippen molar-refractivity contribution in [3.8, 4) is 11.5 Å². The van der Waals surface area contributed by atoms with Crippen LogP contribution in [0.25, 0.3) is 0 Å². The smallest absolute Gasteiger partial charge is 0.162 e. The first-order valence-corrected chi connectivity index (χ1v) is 6.75. The first-order valence-electron chi connectivity index (χ1n) is 5.94. The molecule has 0 aliphatic carbocycles. The summed E-state index contributed by atoms with van der Waals surface area (Å²) in [5, 5.41) is 0.0957. The number of hydrogen-bond donors (Lipinski definition) is 0. The van der Waals surface area contributed by atoms with Crippen molar-refractivity contribution >= 4 is 23.2 Å². The minimum absolute atomic E-state index is 0.446. The molecule has 0 amide bonds. The Kier molecular flexibility index (Phi) is 3.33. The zero-order valence-corrected chi connectivity index (χ0v) is 11.8. The zero-order chi connectivity index (χ0) is 13.4. The maximum atomic E-state index is 6.45. The summed E-state index contributed by atoms with van der Waals surface area (Å²) in [5.74, 6) is 2.01. The summed E-state index contributed by atoms with van der Waals surface area (Å²) < 4.78 is 16.4. The predicted molar refractivity (Wildman–Crippen MR) is 73.6 cm³/mol. The highest BCUT2D eigenvalue weighted by Crippen LogP contribution is 2.42. The molecule has 1 unspecified atom stereocenters. The second-order valence-corrected chi connectivity index (χ2v) is 5.19. The Labute approximate surface area is 121 Å². The molecule has 2 aromatic rings. The molecular formula is C14H12Cl2O3. The number of alkyl halides is 1. The van der Waals surface area contributed by atoms with Crippen molar-refractivity contribution in [1.82, 2.24) is 0 Å². The molecule has 1 aliphatic heterocycles. The van der Waals surface area contributed by atoms with E-state index in [0.29, 0.717) is 35.5 Å². The van der Waals surface area contributed by atoms with Gasteiger partial charge in [0.05, 0.1) is 6.26 Å². The highest BCUT2D eigenvalue weighted by Gasteiger charge is 2.23. The Balaban J connectivity index is 2.03. The maximum Gasteiger partial charge on any atom is 0.162 e. The van der Waals surface area contributed by atoms with Gasteiger partial charge in [-0.05, 0) is 24.6 Å². The van der Waals surface area contributed by atoms with Gasteiger partial charge in [0.2, 0.25) is 0 Å². The summed E-state index contributed by atoms with van der Waals surface area (Å²) in [6.07, 6.45) is 1.62. The van der Waals surface area contributed by atoms with E-state index in [9.17, 15) is 0 Å². The molecule has 1 aromatic heterocycles. The number of rotatable bonds is 2. The van der Waals surface area contributed by atoms with E-state index in [0.717, 1.165) is 11.1 Å². The van der Waals surface area contributed by atoms with Gasteiger partial charge in [0, 0.05) is 16.7 Å².